The smallest absolute Gasteiger partial charge is 0.341 e. The molecule has 4 heteroatoms. The molecule has 0 bridgehead atoms. The number of carbonyl (C=O) groups is 2. The van der Waals surface area contributed by atoms with Crippen LogP contribution in [-0.4, -0.2) is 24.9 Å². The molecule has 1 unspecified atom stereocenters. The number of nitrogens with two attached hydrogens (primary N) is 1. The molecule has 0 aromatic rings. The van der Waals surface area contributed by atoms with Gasteiger partial charge in [0.05, 0.1) is 12.2 Å². The number of carbonyl (C=O) groups excluding carboxylic acids is 2. The van der Waals surface area contributed by atoms with Gasteiger partial charge in [0.25, 0.3) is 0 Å². The lowest BCUT2D eigenvalue weighted by atomic mass is 9.99. The highest BCUT2D eigenvalue weighted by molar-refractivity contribution is 6.08. The van der Waals surface area contributed by atoms with E-state index in [-0.39, 0.29) is 18.2 Å². The molecule has 0 heterocycles. The first kappa shape index (κ1) is 14.8. The molecule has 92 valence electrons. The van der Waals surface area contributed by atoms with Crippen LogP contribution < -0.4 is 5.73 Å². The summed E-state index contributed by atoms with van der Waals surface area (Å²) >= 11 is 0. The van der Waals surface area contributed by atoms with Crippen molar-refractivity contribution in [3.8, 4) is 0 Å². The standard InChI is InChI=1S/C12H21NO3/c1-4-6-7-11(13)9(3)10(8-14)12(15)16-5-2/h8,11H,4-7,13H2,1-3H3. The fraction of sp³-hybridized carbons (Fsp3) is 0.667. The van der Waals surface area contributed by atoms with Gasteiger partial charge in [-0.15, -0.1) is 0 Å². The Bertz CT molecular complexity index is 271. The molecule has 0 saturated heterocycles. The van der Waals surface area contributed by atoms with Gasteiger partial charge in [-0.2, -0.15) is 0 Å². The van der Waals surface area contributed by atoms with Crippen molar-refractivity contribution in [1.82, 2.24) is 0 Å². The minimum Gasteiger partial charge on any atom is -0.462 e. The van der Waals surface area contributed by atoms with E-state index >= 15 is 0 Å². The SMILES string of the molecule is CCCCC(N)C(C)=C(C=O)C(=O)OCC. The second kappa shape index (κ2) is 8.05. The highest BCUT2D eigenvalue weighted by Crippen LogP contribution is 2.12. The first-order chi connectivity index (χ1) is 7.58. The molecule has 0 fully saturated rings. The largest absolute Gasteiger partial charge is 0.462 e. The van der Waals surface area contributed by atoms with Crippen LogP contribution in [0.1, 0.15) is 40.0 Å². The summed E-state index contributed by atoms with van der Waals surface area (Å²) in [6, 6.07) is -0.246. The molecule has 0 aliphatic carbocycles. The van der Waals surface area contributed by atoms with E-state index in [4.69, 9.17) is 10.5 Å². The number of hydrogen-bond donors (Lipinski definition) is 1. The monoisotopic (exact) mass is 227 g/mol. The zero-order chi connectivity index (χ0) is 12.6. The third-order valence-corrected chi connectivity index (χ3v) is 2.46. The van der Waals surface area contributed by atoms with Gasteiger partial charge in [-0.3, -0.25) is 4.79 Å². The zero-order valence-electron chi connectivity index (χ0n) is 10.3. The molecule has 0 amide bonds. The van der Waals surface area contributed by atoms with Crippen molar-refractivity contribution in [2.75, 3.05) is 6.61 Å². The average molecular weight is 227 g/mol. The van der Waals surface area contributed by atoms with Crippen LogP contribution in [0.25, 0.3) is 0 Å². The summed E-state index contributed by atoms with van der Waals surface area (Å²) in [5, 5.41) is 0. The third kappa shape index (κ3) is 4.57. The summed E-state index contributed by atoms with van der Waals surface area (Å²) in [7, 11) is 0. The van der Waals surface area contributed by atoms with Crippen LogP contribution in [0.5, 0.6) is 0 Å². The number of ether oxygens (including phenoxy) is 1. The first-order valence-corrected chi connectivity index (χ1v) is 5.67. The number of esters is 1. The van der Waals surface area contributed by atoms with E-state index in [1.165, 1.54) is 0 Å². The summed E-state index contributed by atoms with van der Waals surface area (Å²) in [5.41, 5.74) is 6.56. The Kier molecular flexibility index (Phi) is 7.46. The molecule has 16 heavy (non-hydrogen) atoms. The maximum atomic E-state index is 11.4. The molecule has 0 aliphatic rings. The average Bonchev–Trinajstić information content (AvgIpc) is 2.27. The summed E-state index contributed by atoms with van der Waals surface area (Å²) in [4.78, 5) is 22.3. The number of rotatable bonds is 7. The van der Waals surface area contributed by atoms with E-state index in [0.29, 0.717) is 11.9 Å². The van der Waals surface area contributed by atoms with Gasteiger partial charge >= 0.3 is 5.97 Å². The zero-order valence-corrected chi connectivity index (χ0v) is 10.3. The molecule has 0 spiro atoms. The Balaban J connectivity index is 4.71. The Morgan fingerprint density at radius 2 is 2.06 bits per heavy atom. The molecule has 0 aromatic heterocycles. The summed E-state index contributed by atoms with van der Waals surface area (Å²) in [5.74, 6) is -0.582. The lowest BCUT2D eigenvalue weighted by Crippen LogP contribution is -2.25. The molecule has 2 N–H and O–H groups in total. The van der Waals surface area contributed by atoms with E-state index in [2.05, 4.69) is 6.92 Å². The first-order valence-electron chi connectivity index (χ1n) is 5.67. The Morgan fingerprint density at radius 1 is 1.44 bits per heavy atom. The van der Waals surface area contributed by atoms with Crippen LogP contribution in [0.15, 0.2) is 11.1 Å². The quantitative estimate of drug-likeness (QED) is 0.236. The minimum absolute atomic E-state index is 0.0606. The van der Waals surface area contributed by atoms with Crippen LogP contribution in [0.4, 0.5) is 0 Å². The van der Waals surface area contributed by atoms with Crippen molar-refractivity contribution in [2.45, 2.75) is 46.1 Å². The fourth-order valence-electron chi connectivity index (χ4n) is 1.35. The second-order valence-electron chi connectivity index (χ2n) is 3.68. The van der Waals surface area contributed by atoms with Crippen molar-refractivity contribution in [2.24, 2.45) is 5.73 Å². The van der Waals surface area contributed by atoms with Crippen LogP contribution in [-0.2, 0) is 14.3 Å². The van der Waals surface area contributed by atoms with Gasteiger partial charge in [-0.1, -0.05) is 19.8 Å². The predicted molar refractivity (Wildman–Crippen MR) is 62.9 cm³/mol. The molecule has 0 rings (SSSR count). The fourth-order valence-corrected chi connectivity index (χ4v) is 1.35. The maximum absolute atomic E-state index is 11.4. The van der Waals surface area contributed by atoms with Gasteiger partial charge in [0.2, 0.25) is 0 Å². The lowest BCUT2D eigenvalue weighted by Gasteiger charge is -2.13. The molecule has 0 aliphatic heterocycles. The van der Waals surface area contributed by atoms with E-state index in [1.54, 1.807) is 13.8 Å². The Labute approximate surface area is 96.8 Å². The van der Waals surface area contributed by atoms with E-state index in [0.717, 1.165) is 19.3 Å². The van der Waals surface area contributed by atoms with Crippen molar-refractivity contribution < 1.29 is 14.3 Å². The van der Waals surface area contributed by atoms with E-state index in [1.807, 2.05) is 0 Å². The highest BCUT2D eigenvalue weighted by Gasteiger charge is 2.17. The topological polar surface area (TPSA) is 69.4 Å². The van der Waals surface area contributed by atoms with Gasteiger partial charge in [0, 0.05) is 6.04 Å². The molecule has 0 aromatic carbocycles. The van der Waals surface area contributed by atoms with E-state index < -0.39 is 5.97 Å². The van der Waals surface area contributed by atoms with Gasteiger partial charge in [0.15, 0.2) is 6.29 Å². The predicted octanol–water partition coefficient (Wildman–Crippen LogP) is 1.58. The summed E-state index contributed by atoms with van der Waals surface area (Å²) < 4.78 is 4.79. The van der Waals surface area contributed by atoms with Crippen molar-refractivity contribution >= 4 is 12.3 Å². The summed E-state index contributed by atoms with van der Waals surface area (Å²) in [6.07, 6.45) is 3.32. The van der Waals surface area contributed by atoms with Crippen LogP contribution in [0.2, 0.25) is 0 Å². The Hall–Kier alpha value is -1.16. The number of hydrogen-bond acceptors (Lipinski definition) is 4. The lowest BCUT2D eigenvalue weighted by molar-refractivity contribution is -0.139. The molecule has 0 radical (unpaired) electrons. The highest BCUT2D eigenvalue weighted by atomic mass is 16.5. The summed E-state index contributed by atoms with van der Waals surface area (Å²) in [6.45, 7) is 5.74. The van der Waals surface area contributed by atoms with Gasteiger partial charge in [0.1, 0.15) is 0 Å². The third-order valence-electron chi connectivity index (χ3n) is 2.46. The number of aldehydes is 1. The van der Waals surface area contributed by atoms with Crippen molar-refractivity contribution in [3.63, 3.8) is 0 Å². The molecule has 4 nitrogen and oxygen atoms in total. The van der Waals surface area contributed by atoms with Gasteiger partial charge in [-0.25, -0.2) is 4.79 Å². The normalized spacial score (nSPS) is 14.0. The van der Waals surface area contributed by atoms with Crippen LogP contribution >= 0.6 is 0 Å². The van der Waals surface area contributed by atoms with Crippen LogP contribution in [0.3, 0.4) is 0 Å². The maximum Gasteiger partial charge on any atom is 0.341 e. The molecular weight excluding hydrogens is 206 g/mol. The second-order valence-corrected chi connectivity index (χ2v) is 3.68. The molecule has 0 saturated carbocycles. The molecule has 1 atom stereocenters. The number of unbranched alkanes of at least 4 members (excludes halogenated alkanes) is 1. The van der Waals surface area contributed by atoms with Gasteiger partial charge < -0.3 is 10.5 Å². The van der Waals surface area contributed by atoms with Crippen molar-refractivity contribution in [3.05, 3.63) is 11.1 Å². The van der Waals surface area contributed by atoms with Crippen LogP contribution in [0, 0.1) is 0 Å². The van der Waals surface area contributed by atoms with Gasteiger partial charge in [-0.05, 0) is 25.8 Å². The van der Waals surface area contributed by atoms with Crippen molar-refractivity contribution in [1.29, 1.82) is 0 Å². The Morgan fingerprint density at radius 3 is 2.50 bits per heavy atom. The molecular formula is C12H21NO3. The van der Waals surface area contributed by atoms with E-state index in [9.17, 15) is 9.59 Å². The minimum atomic E-state index is -0.582.